The number of nitrogens with one attached hydrogen (secondary N) is 1. The molecule has 1 aromatic heterocycles. The van der Waals surface area contributed by atoms with Crippen molar-refractivity contribution in [2.45, 2.75) is 19.9 Å². The predicted molar refractivity (Wildman–Crippen MR) is 100.0 cm³/mol. The number of aromatic nitrogens is 1. The minimum Gasteiger partial charge on any atom is -0.322 e. The maximum Gasteiger partial charge on any atom is 0.257 e. The third kappa shape index (κ3) is 4.06. The molecule has 0 atom stereocenters. The number of carbonyl (C=O) groups is 1. The summed E-state index contributed by atoms with van der Waals surface area (Å²) in [5.74, 6) is -0.609. The molecule has 1 heterocycles. The Balaban J connectivity index is 1.83. The van der Waals surface area contributed by atoms with Crippen molar-refractivity contribution in [3.05, 3.63) is 99.7 Å². The highest BCUT2D eigenvalue weighted by molar-refractivity contribution is 6.04. The molecule has 26 heavy (non-hydrogen) atoms. The average Bonchev–Trinajstić information content (AvgIpc) is 2.65. The lowest BCUT2D eigenvalue weighted by Gasteiger charge is -2.11. The van der Waals surface area contributed by atoms with E-state index in [1.165, 1.54) is 35.0 Å². The summed E-state index contributed by atoms with van der Waals surface area (Å²) in [6, 6.07) is 16.4. The first-order valence-corrected chi connectivity index (χ1v) is 8.41. The van der Waals surface area contributed by atoms with E-state index < -0.39 is 0 Å². The van der Waals surface area contributed by atoms with Gasteiger partial charge in [-0.1, -0.05) is 37.3 Å². The number of amides is 1. The van der Waals surface area contributed by atoms with Gasteiger partial charge in [-0.15, -0.1) is 0 Å². The topological polar surface area (TPSA) is 51.1 Å². The smallest absolute Gasteiger partial charge is 0.257 e. The van der Waals surface area contributed by atoms with Crippen molar-refractivity contribution in [1.29, 1.82) is 0 Å². The molecule has 3 rings (SSSR count). The van der Waals surface area contributed by atoms with Crippen molar-refractivity contribution < 1.29 is 9.18 Å². The number of aryl methyl sites for hydroxylation is 1. The van der Waals surface area contributed by atoms with Gasteiger partial charge in [-0.05, 0) is 41.8 Å². The molecule has 0 saturated heterocycles. The predicted octanol–water partition coefficient (Wildman–Crippen LogP) is 3.85. The van der Waals surface area contributed by atoms with Gasteiger partial charge in [-0.2, -0.15) is 0 Å². The number of pyridine rings is 1. The fourth-order valence-electron chi connectivity index (χ4n) is 2.72. The largest absolute Gasteiger partial charge is 0.322 e. The van der Waals surface area contributed by atoms with E-state index in [1.54, 1.807) is 12.1 Å². The first-order valence-electron chi connectivity index (χ1n) is 8.41. The Hall–Kier alpha value is -3.21. The van der Waals surface area contributed by atoms with Crippen molar-refractivity contribution >= 4 is 11.6 Å². The van der Waals surface area contributed by atoms with Crippen LogP contribution in [-0.2, 0) is 13.0 Å². The van der Waals surface area contributed by atoms with Gasteiger partial charge in [0.05, 0.1) is 12.1 Å². The quantitative estimate of drug-likeness (QED) is 0.760. The maximum atomic E-state index is 13.0. The summed E-state index contributed by atoms with van der Waals surface area (Å²) in [7, 11) is 0. The van der Waals surface area contributed by atoms with E-state index in [2.05, 4.69) is 5.32 Å². The normalized spacial score (nSPS) is 10.5. The van der Waals surface area contributed by atoms with Crippen LogP contribution < -0.4 is 10.9 Å². The Bertz CT molecular complexity index is 978. The van der Waals surface area contributed by atoms with Gasteiger partial charge in [-0.25, -0.2) is 4.39 Å². The van der Waals surface area contributed by atoms with Gasteiger partial charge >= 0.3 is 0 Å². The number of nitrogens with zero attached hydrogens (tertiary/aromatic N) is 1. The van der Waals surface area contributed by atoms with Gasteiger partial charge in [-0.3, -0.25) is 9.59 Å². The number of rotatable bonds is 5. The highest BCUT2D eigenvalue weighted by Gasteiger charge is 2.10. The fraction of sp³-hybridized carbons (Fsp3) is 0.143. The zero-order chi connectivity index (χ0) is 18.5. The van der Waals surface area contributed by atoms with Gasteiger partial charge in [0.1, 0.15) is 5.82 Å². The molecule has 0 spiro atoms. The molecule has 4 nitrogen and oxygen atoms in total. The second-order valence-electron chi connectivity index (χ2n) is 5.98. The Morgan fingerprint density at radius 3 is 2.50 bits per heavy atom. The van der Waals surface area contributed by atoms with Gasteiger partial charge in [0.25, 0.3) is 11.5 Å². The molecule has 132 valence electrons. The van der Waals surface area contributed by atoms with Crippen LogP contribution in [0.3, 0.4) is 0 Å². The van der Waals surface area contributed by atoms with Gasteiger partial charge < -0.3 is 9.88 Å². The summed E-state index contributed by atoms with van der Waals surface area (Å²) < 4.78 is 14.5. The Morgan fingerprint density at radius 2 is 1.77 bits per heavy atom. The lowest BCUT2D eigenvalue weighted by molar-refractivity contribution is 0.102. The van der Waals surface area contributed by atoms with Crippen LogP contribution in [0.5, 0.6) is 0 Å². The van der Waals surface area contributed by atoms with Crippen LogP contribution in [0.25, 0.3) is 0 Å². The van der Waals surface area contributed by atoms with E-state index in [9.17, 15) is 14.0 Å². The third-order valence-corrected chi connectivity index (χ3v) is 4.16. The fourth-order valence-corrected chi connectivity index (χ4v) is 2.72. The zero-order valence-electron chi connectivity index (χ0n) is 14.4. The first-order chi connectivity index (χ1) is 12.6. The van der Waals surface area contributed by atoms with E-state index in [0.717, 1.165) is 23.2 Å². The second kappa shape index (κ2) is 7.78. The van der Waals surface area contributed by atoms with Crippen molar-refractivity contribution in [2.24, 2.45) is 0 Å². The maximum absolute atomic E-state index is 13.0. The molecule has 3 aromatic rings. The highest BCUT2D eigenvalue weighted by atomic mass is 19.1. The molecular weight excluding hydrogens is 331 g/mol. The van der Waals surface area contributed by atoms with Crippen LogP contribution in [0, 0.1) is 5.82 Å². The van der Waals surface area contributed by atoms with Gasteiger partial charge in [0, 0.05) is 18.0 Å². The molecule has 1 amide bonds. The number of hydrogen-bond donors (Lipinski definition) is 1. The lowest BCUT2D eigenvalue weighted by Crippen LogP contribution is -2.22. The van der Waals surface area contributed by atoms with Crippen molar-refractivity contribution in [2.75, 3.05) is 5.32 Å². The molecular formula is C21H19FN2O2. The molecule has 0 unspecified atom stereocenters. The summed E-state index contributed by atoms with van der Waals surface area (Å²) in [5, 5.41) is 2.89. The molecule has 0 fully saturated rings. The zero-order valence-corrected chi connectivity index (χ0v) is 14.4. The Labute approximate surface area is 150 Å². The van der Waals surface area contributed by atoms with E-state index in [4.69, 9.17) is 0 Å². The minimum atomic E-state index is -0.330. The summed E-state index contributed by atoms with van der Waals surface area (Å²) in [4.78, 5) is 24.6. The molecule has 0 aliphatic rings. The highest BCUT2D eigenvalue weighted by Crippen LogP contribution is 2.16. The number of hydrogen-bond acceptors (Lipinski definition) is 2. The van der Waals surface area contributed by atoms with Crippen LogP contribution in [0.4, 0.5) is 10.1 Å². The molecule has 0 radical (unpaired) electrons. The van der Waals surface area contributed by atoms with Crippen LogP contribution >= 0.6 is 0 Å². The summed E-state index contributed by atoms with van der Waals surface area (Å²) in [6.45, 7) is 2.29. The van der Waals surface area contributed by atoms with E-state index >= 15 is 0 Å². The molecule has 0 aliphatic carbocycles. The first kappa shape index (κ1) is 17.6. The number of anilines is 1. The molecule has 1 N–H and O–H groups in total. The minimum absolute atomic E-state index is 0.222. The molecule has 2 aromatic carbocycles. The average molecular weight is 350 g/mol. The Morgan fingerprint density at radius 1 is 1.04 bits per heavy atom. The summed E-state index contributed by atoms with van der Waals surface area (Å²) in [6.07, 6.45) is 2.33. The number of halogens is 1. The van der Waals surface area contributed by atoms with E-state index in [1.807, 2.05) is 31.2 Å². The second-order valence-corrected chi connectivity index (χ2v) is 5.98. The molecule has 0 bridgehead atoms. The molecule has 0 aliphatic heterocycles. The van der Waals surface area contributed by atoms with Gasteiger partial charge in [0.15, 0.2) is 0 Å². The number of para-hydroxylation sites is 1. The SMILES string of the molecule is CCc1ccccc1NC(=O)c1ccc(=O)n(Cc2ccc(F)cc2)c1. The summed E-state index contributed by atoms with van der Waals surface area (Å²) in [5.41, 5.74) is 2.75. The van der Waals surface area contributed by atoms with Crippen molar-refractivity contribution in [3.63, 3.8) is 0 Å². The number of benzene rings is 2. The van der Waals surface area contributed by atoms with Gasteiger partial charge in [0.2, 0.25) is 0 Å². The van der Waals surface area contributed by atoms with Crippen LogP contribution in [0.15, 0.2) is 71.7 Å². The summed E-state index contributed by atoms with van der Waals surface area (Å²) >= 11 is 0. The van der Waals surface area contributed by atoms with E-state index in [0.29, 0.717) is 5.56 Å². The monoisotopic (exact) mass is 350 g/mol. The van der Waals surface area contributed by atoms with Crippen molar-refractivity contribution in [1.82, 2.24) is 4.57 Å². The van der Waals surface area contributed by atoms with Crippen LogP contribution in [0.2, 0.25) is 0 Å². The number of carbonyl (C=O) groups excluding carboxylic acids is 1. The standard InChI is InChI=1S/C21H19FN2O2/c1-2-16-5-3-4-6-19(16)23-21(26)17-9-12-20(25)24(14-17)13-15-7-10-18(22)11-8-15/h3-12,14H,2,13H2,1H3,(H,23,26). The van der Waals surface area contributed by atoms with Crippen LogP contribution in [-0.4, -0.2) is 10.5 Å². The molecule has 5 heteroatoms. The van der Waals surface area contributed by atoms with E-state index in [-0.39, 0.29) is 23.8 Å². The van der Waals surface area contributed by atoms with Crippen LogP contribution in [0.1, 0.15) is 28.4 Å². The lowest BCUT2D eigenvalue weighted by atomic mass is 10.1. The Kier molecular flexibility index (Phi) is 5.27. The third-order valence-electron chi connectivity index (χ3n) is 4.16. The van der Waals surface area contributed by atoms with Crippen molar-refractivity contribution in [3.8, 4) is 0 Å². The molecule has 0 saturated carbocycles.